The monoisotopic (exact) mass is 366 g/mol. The van der Waals surface area contributed by atoms with Gasteiger partial charge in [0.05, 0.1) is 17.8 Å². The Bertz CT molecular complexity index is 608. The molecule has 1 aromatic rings. The van der Waals surface area contributed by atoms with Crippen molar-refractivity contribution in [1.82, 2.24) is 5.32 Å². The molecule has 0 aliphatic carbocycles. The van der Waals surface area contributed by atoms with Crippen molar-refractivity contribution in [1.29, 1.82) is 0 Å². The molecule has 0 heterocycles. The van der Waals surface area contributed by atoms with Crippen molar-refractivity contribution in [2.24, 2.45) is 0 Å². The number of aliphatic hydroxyl groups is 1. The van der Waals surface area contributed by atoms with E-state index in [1.807, 2.05) is 13.8 Å². The first-order valence-electron chi connectivity index (χ1n) is 8.63. The highest BCUT2D eigenvalue weighted by Crippen LogP contribution is 2.19. The third-order valence-electron chi connectivity index (χ3n) is 3.81. The number of ether oxygens (including phenoxy) is 2. The maximum atomic E-state index is 11.9. The fourth-order valence-electron chi connectivity index (χ4n) is 2.10. The average molecular weight is 366 g/mol. The molecule has 0 aliphatic heterocycles. The van der Waals surface area contributed by atoms with Crippen molar-refractivity contribution >= 4 is 17.9 Å². The zero-order valence-corrected chi connectivity index (χ0v) is 16.0. The highest BCUT2D eigenvalue weighted by atomic mass is 16.5. The van der Waals surface area contributed by atoms with E-state index in [9.17, 15) is 14.7 Å². The van der Waals surface area contributed by atoms with E-state index in [-0.39, 0.29) is 12.5 Å². The zero-order chi connectivity index (χ0) is 19.8. The summed E-state index contributed by atoms with van der Waals surface area (Å²) < 4.78 is 11.1. The SMILES string of the molecule is CC(C)(O)CCOC(C)(C)CCNC(=O)COc1ccc(C=O)c(N)c1. The van der Waals surface area contributed by atoms with Crippen molar-refractivity contribution in [2.75, 3.05) is 25.5 Å². The van der Waals surface area contributed by atoms with Gasteiger partial charge in [-0.2, -0.15) is 0 Å². The predicted molar refractivity (Wildman–Crippen MR) is 100 cm³/mol. The van der Waals surface area contributed by atoms with Gasteiger partial charge in [-0.15, -0.1) is 0 Å². The molecule has 0 aliphatic rings. The van der Waals surface area contributed by atoms with Gasteiger partial charge in [-0.05, 0) is 52.7 Å². The molecule has 4 N–H and O–H groups in total. The third kappa shape index (κ3) is 8.82. The van der Waals surface area contributed by atoms with E-state index in [4.69, 9.17) is 15.2 Å². The standard InChI is InChI=1S/C19H30N2O5/c1-18(2,24)8-10-26-19(3,4)7-9-21-17(23)13-25-15-6-5-14(12-22)16(20)11-15/h5-6,11-12,24H,7-10,13,20H2,1-4H3,(H,21,23). The van der Waals surface area contributed by atoms with Gasteiger partial charge in [0.2, 0.25) is 0 Å². The van der Waals surface area contributed by atoms with Crippen LogP contribution in [-0.4, -0.2) is 48.3 Å². The number of carbonyl (C=O) groups excluding carboxylic acids is 2. The summed E-state index contributed by atoms with van der Waals surface area (Å²) in [7, 11) is 0. The van der Waals surface area contributed by atoms with Gasteiger partial charge in [-0.3, -0.25) is 9.59 Å². The highest BCUT2D eigenvalue weighted by Gasteiger charge is 2.20. The number of nitrogens with one attached hydrogen (secondary N) is 1. The first-order chi connectivity index (χ1) is 12.0. The van der Waals surface area contributed by atoms with Crippen LogP contribution in [0.3, 0.4) is 0 Å². The minimum atomic E-state index is -0.755. The molecule has 7 nitrogen and oxygen atoms in total. The van der Waals surface area contributed by atoms with Gasteiger partial charge in [0.25, 0.3) is 5.91 Å². The largest absolute Gasteiger partial charge is 0.484 e. The van der Waals surface area contributed by atoms with E-state index in [2.05, 4.69) is 5.32 Å². The number of aldehydes is 1. The summed E-state index contributed by atoms with van der Waals surface area (Å²) in [6, 6.07) is 4.65. The summed E-state index contributed by atoms with van der Waals surface area (Å²) in [6.45, 7) is 8.12. The molecule has 146 valence electrons. The summed E-state index contributed by atoms with van der Waals surface area (Å²) in [5.41, 5.74) is 5.22. The Morgan fingerprint density at radius 2 is 1.96 bits per heavy atom. The van der Waals surface area contributed by atoms with Crippen molar-refractivity contribution in [3.8, 4) is 5.75 Å². The lowest BCUT2D eigenvalue weighted by Crippen LogP contribution is -2.36. The van der Waals surface area contributed by atoms with Gasteiger partial charge in [0, 0.05) is 23.9 Å². The Labute approximate surface area is 154 Å². The number of amides is 1. The second kappa shape index (κ2) is 9.54. The minimum absolute atomic E-state index is 0.139. The topological polar surface area (TPSA) is 111 Å². The molecule has 1 rings (SSSR count). The smallest absolute Gasteiger partial charge is 0.257 e. The second-order valence-electron chi connectivity index (χ2n) is 7.47. The van der Waals surface area contributed by atoms with Crippen LogP contribution in [-0.2, 0) is 9.53 Å². The molecule has 0 saturated carbocycles. The number of benzene rings is 1. The Kier molecular flexibility index (Phi) is 8.05. The lowest BCUT2D eigenvalue weighted by molar-refractivity contribution is -0.123. The van der Waals surface area contributed by atoms with Gasteiger partial charge >= 0.3 is 0 Å². The lowest BCUT2D eigenvalue weighted by Gasteiger charge is -2.27. The molecule has 1 aromatic carbocycles. The Morgan fingerprint density at radius 1 is 1.27 bits per heavy atom. The number of nitrogens with two attached hydrogens (primary N) is 1. The normalized spacial score (nSPS) is 11.9. The number of carbonyl (C=O) groups is 2. The second-order valence-corrected chi connectivity index (χ2v) is 7.47. The van der Waals surface area contributed by atoms with Crippen molar-refractivity contribution in [3.05, 3.63) is 23.8 Å². The third-order valence-corrected chi connectivity index (χ3v) is 3.81. The molecule has 0 atom stereocenters. The summed E-state index contributed by atoms with van der Waals surface area (Å²) in [5.74, 6) is 0.175. The van der Waals surface area contributed by atoms with Crippen LogP contribution < -0.4 is 15.8 Å². The lowest BCUT2D eigenvalue weighted by atomic mass is 10.0. The van der Waals surface area contributed by atoms with Crippen LogP contribution in [0, 0.1) is 0 Å². The molecule has 0 saturated heterocycles. The van der Waals surface area contributed by atoms with Crippen LogP contribution in [0.15, 0.2) is 18.2 Å². The van der Waals surface area contributed by atoms with E-state index in [0.717, 1.165) is 0 Å². The molecular weight excluding hydrogens is 336 g/mol. The van der Waals surface area contributed by atoms with Gasteiger partial charge in [-0.1, -0.05) is 0 Å². The molecule has 1 amide bonds. The predicted octanol–water partition coefficient (Wildman–Crippen LogP) is 1.92. The summed E-state index contributed by atoms with van der Waals surface area (Å²) in [4.78, 5) is 22.6. The quantitative estimate of drug-likeness (QED) is 0.408. The average Bonchev–Trinajstić information content (AvgIpc) is 2.51. The molecule has 0 spiro atoms. The number of hydrogen-bond acceptors (Lipinski definition) is 6. The molecular formula is C19H30N2O5. The summed E-state index contributed by atoms with van der Waals surface area (Å²) in [5, 5.41) is 12.5. The number of nitrogen functional groups attached to an aromatic ring is 1. The van der Waals surface area contributed by atoms with E-state index in [1.165, 1.54) is 6.07 Å². The van der Waals surface area contributed by atoms with Crippen LogP contribution >= 0.6 is 0 Å². The molecule has 0 bridgehead atoms. The van der Waals surface area contributed by atoms with Crippen molar-refractivity contribution in [3.63, 3.8) is 0 Å². The molecule has 0 fully saturated rings. The molecule has 0 unspecified atom stereocenters. The highest BCUT2D eigenvalue weighted by molar-refractivity contribution is 5.83. The van der Waals surface area contributed by atoms with Crippen LogP contribution in [0.4, 0.5) is 5.69 Å². The zero-order valence-electron chi connectivity index (χ0n) is 16.0. The van der Waals surface area contributed by atoms with Crippen molar-refractivity contribution in [2.45, 2.75) is 51.7 Å². The first kappa shape index (κ1) is 21.9. The van der Waals surface area contributed by atoms with E-state index >= 15 is 0 Å². The van der Waals surface area contributed by atoms with Gasteiger partial charge < -0.3 is 25.6 Å². The minimum Gasteiger partial charge on any atom is -0.484 e. The van der Waals surface area contributed by atoms with Crippen LogP contribution in [0.25, 0.3) is 0 Å². The Morgan fingerprint density at radius 3 is 2.54 bits per heavy atom. The van der Waals surface area contributed by atoms with Crippen LogP contribution in [0.5, 0.6) is 5.75 Å². The maximum absolute atomic E-state index is 11.9. The number of rotatable bonds is 11. The van der Waals surface area contributed by atoms with E-state index in [1.54, 1.807) is 26.0 Å². The fraction of sp³-hybridized carbons (Fsp3) is 0.579. The Hall–Kier alpha value is -2.12. The summed E-state index contributed by atoms with van der Waals surface area (Å²) in [6.07, 6.45) is 1.84. The van der Waals surface area contributed by atoms with Gasteiger partial charge in [-0.25, -0.2) is 0 Å². The molecule has 7 heteroatoms. The van der Waals surface area contributed by atoms with E-state index < -0.39 is 11.2 Å². The molecule has 0 aromatic heterocycles. The Balaban J connectivity index is 2.29. The van der Waals surface area contributed by atoms with Gasteiger partial charge in [0.1, 0.15) is 5.75 Å². The fourth-order valence-corrected chi connectivity index (χ4v) is 2.10. The first-order valence-corrected chi connectivity index (χ1v) is 8.63. The van der Waals surface area contributed by atoms with Crippen LogP contribution in [0.1, 0.15) is 50.9 Å². The summed E-state index contributed by atoms with van der Waals surface area (Å²) >= 11 is 0. The number of hydrogen-bond donors (Lipinski definition) is 3. The molecule has 26 heavy (non-hydrogen) atoms. The maximum Gasteiger partial charge on any atom is 0.257 e. The van der Waals surface area contributed by atoms with Crippen molar-refractivity contribution < 1.29 is 24.2 Å². The van der Waals surface area contributed by atoms with Crippen LogP contribution in [0.2, 0.25) is 0 Å². The molecule has 0 radical (unpaired) electrons. The van der Waals surface area contributed by atoms with Gasteiger partial charge in [0.15, 0.2) is 12.9 Å². The van der Waals surface area contributed by atoms with E-state index in [0.29, 0.717) is 49.3 Å². The number of anilines is 1.